The third-order valence-corrected chi connectivity index (χ3v) is 4.99. The summed E-state index contributed by atoms with van der Waals surface area (Å²) in [4.78, 5) is 25.6. The zero-order valence-corrected chi connectivity index (χ0v) is 13.1. The molecular weight excluding hydrogens is 278 g/mol. The molecule has 6 nitrogen and oxygen atoms in total. The molecular formula is C16H23N5O. The minimum Gasteiger partial charge on any atom is -0.367 e. The first-order chi connectivity index (χ1) is 10.7. The highest BCUT2D eigenvalue weighted by Crippen LogP contribution is 2.34. The molecule has 2 aliphatic carbocycles. The van der Waals surface area contributed by atoms with Crippen LogP contribution < -0.4 is 10.2 Å². The van der Waals surface area contributed by atoms with Crippen LogP contribution in [0.2, 0.25) is 0 Å². The number of amides is 1. The molecule has 118 valence electrons. The van der Waals surface area contributed by atoms with E-state index in [9.17, 15) is 4.79 Å². The fourth-order valence-electron chi connectivity index (χ4n) is 3.60. The summed E-state index contributed by atoms with van der Waals surface area (Å²) in [5.41, 5.74) is 1.08. The molecule has 0 bridgehead atoms. The minimum atomic E-state index is 0.213. The molecule has 1 aliphatic heterocycles. The van der Waals surface area contributed by atoms with Crippen LogP contribution >= 0.6 is 0 Å². The standard InChI is InChI=1S/C16H23N5O/c1-20-9-14(22)21(12-4-2-3-5-12)8-13-15(19-11-6-7-11)17-10-18-16(13)20/h10-12H,2-9H2,1H3,(H,17,18,19). The molecule has 1 N–H and O–H groups in total. The van der Waals surface area contributed by atoms with Crippen molar-refractivity contribution >= 4 is 17.5 Å². The quantitative estimate of drug-likeness (QED) is 0.922. The van der Waals surface area contributed by atoms with Crippen molar-refractivity contribution in [1.29, 1.82) is 0 Å². The smallest absolute Gasteiger partial charge is 0.242 e. The van der Waals surface area contributed by atoms with E-state index in [1.807, 2.05) is 11.9 Å². The highest BCUT2D eigenvalue weighted by atomic mass is 16.2. The highest BCUT2D eigenvalue weighted by molar-refractivity contribution is 5.84. The average Bonchev–Trinajstić information content (AvgIpc) is 3.18. The predicted molar refractivity (Wildman–Crippen MR) is 84.8 cm³/mol. The molecule has 4 rings (SSSR count). The van der Waals surface area contributed by atoms with Gasteiger partial charge in [0.2, 0.25) is 5.91 Å². The highest BCUT2D eigenvalue weighted by Gasteiger charge is 2.33. The number of nitrogens with zero attached hydrogens (tertiary/aromatic N) is 4. The molecule has 2 saturated carbocycles. The van der Waals surface area contributed by atoms with Gasteiger partial charge in [-0.1, -0.05) is 12.8 Å². The van der Waals surface area contributed by atoms with Crippen LogP contribution in [-0.2, 0) is 11.3 Å². The number of carbonyl (C=O) groups excluding carboxylic acids is 1. The molecule has 22 heavy (non-hydrogen) atoms. The van der Waals surface area contributed by atoms with E-state index >= 15 is 0 Å². The lowest BCUT2D eigenvalue weighted by molar-refractivity contribution is -0.132. The lowest BCUT2D eigenvalue weighted by atomic mass is 10.1. The topological polar surface area (TPSA) is 61.4 Å². The first-order valence-corrected chi connectivity index (χ1v) is 8.33. The van der Waals surface area contributed by atoms with E-state index in [1.54, 1.807) is 6.33 Å². The van der Waals surface area contributed by atoms with Gasteiger partial charge in [0.1, 0.15) is 18.0 Å². The molecule has 0 spiro atoms. The number of hydrogen-bond donors (Lipinski definition) is 1. The first-order valence-electron chi connectivity index (χ1n) is 8.33. The monoisotopic (exact) mass is 301 g/mol. The Bertz CT molecular complexity index is 580. The van der Waals surface area contributed by atoms with Crippen molar-refractivity contribution in [3.63, 3.8) is 0 Å². The van der Waals surface area contributed by atoms with Gasteiger partial charge in [-0.2, -0.15) is 0 Å². The number of fused-ring (bicyclic) bond motifs is 1. The number of carbonyl (C=O) groups is 1. The van der Waals surface area contributed by atoms with Crippen molar-refractivity contribution in [2.75, 3.05) is 23.8 Å². The first kappa shape index (κ1) is 13.8. The van der Waals surface area contributed by atoms with Gasteiger partial charge in [0.15, 0.2) is 0 Å². The lowest BCUT2D eigenvalue weighted by Gasteiger charge is -2.28. The summed E-state index contributed by atoms with van der Waals surface area (Å²) in [6, 6.07) is 0.934. The summed E-state index contributed by atoms with van der Waals surface area (Å²) in [6.45, 7) is 1.04. The van der Waals surface area contributed by atoms with Crippen molar-refractivity contribution in [2.24, 2.45) is 0 Å². The molecule has 0 saturated heterocycles. The Kier molecular flexibility index (Phi) is 3.39. The fourth-order valence-corrected chi connectivity index (χ4v) is 3.60. The Labute approximate surface area is 130 Å². The Morgan fingerprint density at radius 1 is 1.14 bits per heavy atom. The Morgan fingerprint density at radius 3 is 2.64 bits per heavy atom. The van der Waals surface area contributed by atoms with Gasteiger partial charge in [0.05, 0.1) is 18.7 Å². The molecule has 0 radical (unpaired) electrons. The van der Waals surface area contributed by atoms with Crippen LogP contribution in [0.25, 0.3) is 0 Å². The van der Waals surface area contributed by atoms with Crippen LogP contribution in [0.1, 0.15) is 44.1 Å². The van der Waals surface area contributed by atoms with E-state index in [1.165, 1.54) is 25.7 Å². The SMILES string of the molecule is CN1CC(=O)N(C2CCCC2)Cc2c(NC3CC3)ncnc21. The number of anilines is 2. The Balaban J connectivity index is 1.69. The molecule has 6 heteroatoms. The van der Waals surface area contributed by atoms with Crippen LogP contribution in [0.4, 0.5) is 11.6 Å². The summed E-state index contributed by atoms with van der Waals surface area (Å²) in [6.07, 6.45) is 8.74. The van der Waals surface area contributed by atoms with Gasteiger partial charge < -0.3 is 15.1 Å². The third kappa shape index (κ3) is 2.51. The number of hydrogen-bond acceptors (Lipinski definition) is 5. The molecule has 0 aromatic carbocycles. The summed E-state index contributed by atoms with van der Waals surface area (Å²) in [7, 11) is 1.95. The number of aromatic nitrogens is 2. The van der Waals surface area contributed by atoms with Crippen molar-refractivity contribution in [1.82, 2.24) is 14.9 Å². The van der Waals surface area contributed by atoms with Crippen LogP contribution in [0.15, 0.2) is 6.33 Å². The number of rotatable bonds is 3. The Morgan fingerprint density at radius 2 is 1.91 bits per heavy atom. The summed E-state index contributed by atoms with van der Waals surface area (Å²) in [5, 5.41) is 3.50. The van der Waals surface area contributed by atoms with Crippen molar-refractivity contribution in [2.45, 2.75) is 57.2 Å². The van der Waals surface area contributed by atoms with E-state index in [4.69, 9.17) is 0 Å². The number of nitrogens with one attached hydrogen (secondary N) is 1. The molecule has 1 aromatic rings. The lowest BCUT2D eigenvalue weighted by Crippen LogP contribution is -2.41. The van der Waals surface area contributed by atoms with E-state index in [0.717, 1.165) is 30.0 Å². The average molecular weight is 301 g/mol. The van der Waals surface area contributed by atoms with Gasteiger partial charge in [-0.25, -0.2) is 9.97 Å². The van der Waals surface area contributed by atoms with Crippen LogP contribution in [0.5, 0.6) is 0 Å². The molecule has 2 heterocycles. The van der Waals surface area contributed by atoms with Crippen LogP contribution in [-0.4, -0.2) is 46.5 Å². The minimum absolute atomic E-state index is 0.213. The van der Waals surface area contributed by atoms with Gasteiger partial charge in [-0.05, 0) is 25.7 Å². The van der Waals surface area contributed by atoms with Crippen LogP contribution in [0.3, 0.4) is 0 Å². The molecule has 1 aromatic heterocycles. The summed E-state index contributed by atoms with van der Waals surface area (Å²) in [5.74, 6) is 2.02. The Hall–Kier alpha value is -1.85. The second kappa shape index (κ2) is 5.41. The zero-order valence-electron chi connectivity index (χ0n) is 13.1. The zero-order chi connectivity index (χ0) is 15.1. The molecule has 0 unspecified atom stereocenters. The van der Waals surface area contributed by atoms with Crippen molar-refractivity contribution in [3.8, 4) is 0 Å². The fraction of sp³-hybridized carbons (Fsp3) is 0.688. The third-order valence-electron chi connectivity index (χ3n) is 4.99. The van der Waals surface area contributed by atoms with Gasteiger partial charge >= 0.3 is 0 Å². The molecule has 3 aliphatic rings. The second-order valence-corrected chi connectivity index (χ2v) is 6.76. The van der Waals surface area contributed by atoms with Gasteiger partial charge in [-0.3, -0.25) is 4.79 Å². The van der Waals surface area contributed by atoms with E-state index in [2.05, 4.69) is 20.2 Å². The maximum Gasteiger partial charge on any atom is 0.242 e. The van der Waals surface area contributed by atoms with Gasteiger partial charge in [0.25, 0.3) is 0 Å². The number of likely N-dealkylation sites (N-methyl/N-ethyl adjacent to an activating group) is 1. The molecule has 0 atom stereocenters. The molecule has 2 fully saturated rings. The van der Waals surface area contributed by atoms with Crippen LogP contribution in [0, 0.1) is 0 Å². The summed E-state index contributed by atoms with van der Waals surface area (Å²) >= 11 is 0. The normalized spacial score (nSPS) is 22.7. The van der Waals surface area contributed by atoms with E-state index in [0.29, 0.717) is 25.2 Å². The van der Waals surface area contributed by atoms with Gasteiger partial charge in [-0.15, -0.1) is 0 Å². The maximum absolute atomic E-state index is 12.6. The molecule has 1 amide bonds. The van der Waals surface area contributed by atoms with E-state index in [-0.39, 0.29) is 5.91 Å². The largest absolute Gasteiger partial charge is 0.367 e. The van der Waals surface area contributed by atoms with Crippen molar-refractivity contribution < 1.29 is 4.79 Å². The second-order valence-electron chi connectivity index (χ2n) is 6.76. The van der Waals surface area contributed by atoms with Gasteiger partial charge in [0, 0.05) is 19.1 Å². The van der Waals surface area contributed by atoms with E-state index < -0.39 is 0 Å². The maximum atomic E-state index is 12.6. The van der Waals surface area contributed by atoms with Crippen molar-refractivity contribution in [3.05, 3.63) is 11.9 Å². The predicted octanol–water partition coefficient (Wildman–Crippen LogP) is 1.77. The summed E-state index contributed by atoms with van der Waals surface area (Å²) < 4.78 is 0.